The SMILES string of the molecule is O=C(COC(=O)c1cccc(N2C(=O)[C@@H]3C4c5ccccc5C(Br)(c5ccccc54)[C@H]3C2=O)c1)c1ccccc1. The van der Waals surface area contributed by atoms with Crippen molar-refractivity contribution in [2.75, 3.05) is 11.5 Å². The van der Waals surface area contributed by atoms with Gasteiger partial charge in [-0.15, -0.1) is 0 Å². The van der Waals surface area contributed by atoms with Crippen molar-refractivity contribution < 1.29 is 23.9 Å². The number of rotatable bonds is 5. The average Bonchev–Trinajstić information content (AvgIpc) is 3.27. The number of ketones is 1. The molecule has 0 N–H and O–H groups in total. The molecule has 1 saturated heterocycles. The molecule has 7 heteroatoms. The Morgan fingerprint density at radius 2 is 1.35 bits per heavy atom. The highest BCUT2D eigenvalue weighted by atomic mass is 79.9. The Hall–Kier alpha value is -4.36. The van der Waals surface area contributed by atoms with Gasteiger partial charge in [-0.2, -0.15) is 0 Å². The van der Waals surface area contributed by atoms with Crippen LogP contribution >= 0.6 is 15.9 Å². The van der Waals surface area contributed by atoms with Gasteiger partial charge in [0.2, 0.25) is 11.8 Å². The number of benzene rings is 4. The zero-order valence-electron chi connectivity index (χ0n) is 21.1. The van der Waals surface area contributed by atoms with Crippen molar-refractivity contribution in [3.8, 4) is 0 Å². The lowest BCUT2D eigenvalue weighted by Crippen LogP contribution is -2.50. The second kappa shape index (κ2) is 9.10. The van der Waals surface area contributed by atoms with Gasteiger partial charge in [-0.1, -0.05) is 101 Å². The Morgan fingerprint density at radius 1 is 0.750 bits per heavy atom. The number of hydrogen-bond acceptors (Lipinski definition) is 5. The van der Waals surface area contributed by atoms with Gasteiger partial charge in [-0.25, -0.2) is 9.69 Å². The number of halogens is 1. The zero-order chi connectivity index (χ0) is 27.6. The van der Waals surface area contributed by atoms with E-state index in [9.17, 15) is 19.2 Å². The maximum Gasteiger partial charge on any atom is 0.338 e. The van der Waals surface area contributed by atoms with Gasteiger partial charge in [0, 0.05) is 11.5 Å². The fourth-order valence-electron chi connectivity index (χ4n) is 6.63. The van der Waals surface area contributed by atoms with Gasteiger partial charge < -0.3 is 4.74 Å². The second-order valence-electron chi connectivity index (χ2n) is 10.3. The van der Waals surface area contributed by atoms with Gasteiger partial charge in [0.25, 0.3) is 0 Å². The number of alkyl halides is 1. The zero-order valence-corrected chi connectivity index (χ0v) is 22.7. The number of anilines is 1. The van der Waals surface area contributed by atoms with Gasteiger partial charge >= 0.3 is 5.97 Å². The Kier molecular flexibility index (Phi) is 5.61. The molecule has 1 heterocycles. The first-order chi connectivity index (χ1) is 19.4. The molecule has 4 aliphatic rings. The van der Waals surface area contributed by atoms with Crippen LogP contribution in [0.4, 0.5) is 5.69 Å². The van der Waals surface area contributed by atoms with Crippen LogP contribution < -0.4 is 4.90 Å². The lowest BCUT2D eigenvalue weighted by molar-refractivity contribution is -0.122. The summed E-state index contributed by atoms with van der Waals surface area (Å²) in [6, 6.07) is 30.8. The molecule has 8 rings (SSSR count). The molecule has 1 aliphatic heterocycles. The molecule has 1 fully saturated rings. The predicted octanol–water partition coefficient (Wildman–Crippen LogP) is 5.63. The standard InChI is InChI=1S/C33H22BrNO5/c34-33-24-15-6-4-13-22(24)27(23-14-5-7-16-25(23)33)28-29(33)31(38)35(30(28)37)21-12-8-11-20(17-21)32(39)40-18-26(36)19-9-2-1-3-10-19/h1-17,27-29H,18H2/t27?,28-,29-,33?/m1/s1. The molecule has 0 aromatic heterocycles. The number of Topliss-reactive ketones (excluding diaryl/α,β-unsaturated/α-hetero) is 1. The van der Waals surface area contributed by atoms with E-state index in [-0.39, 0.29) is 29.1 Å². The van der Waals surface area contributed by atoms with Gasteiger partial charge in [0.15, 0.2) is 12.4 Å². The van der Waals surface area contributed by atoms with Crippen molar-refractivity contribution in [2.45, 2.75) is 10.2 Å². The van der Waals surface area contributed by atoms with Crippen molar-refractivity contribution in [2.24, 2.45) is 11.8 Å². The van der Waals surface area contributed by atoms with Crippen LogP contribution in [0.5, 0.6) is 0 Å². The lowest BCUT2D eigenvalue weighted by atomic mass is 9.55. The van der Waals surface area contributed by atoms with E-state index in [0.29, 0.717) is 11.3 Å². The topological polar surface area (TPSA) is 80.8 Å². The first kappa shape index (κ1) is 24.7. The molecule has 3 aliphatic carbocycles. The Labute approximate surface area is 238 Å². The van der Waals surface area contributed by atoms with Crippen LogP contribution in [-0.2, 0) is 18.7 Å². The molecule has 196 valence electrons. The molecule has 0 saturated carbocycles. The molecule has 2 bridgehead atoms. The highest BCUT2D eigenvalue weighted by Crippen LogP contribution is 2.66. The van der Waals surface area contributed by atoms with Gasteiger partial charge in [0.1, 0.15) is 0 Å². The first-order valence-electron chi connectivity index (χ1n) is 13.0. The number of imide groups is 1. The summed E-state index contributed by atoms with van der Waals surface area (Å²) in [6.07, 6.45) is 0. The largest absolute Gasteiger partial charge is 0.454 e. The highest BCUT2D eigenvalue weighted by molar-refractivity contribution is 9.09. The van der Waals surface area contributed by atoms with Crippen molar-refractivity contribution >= 4 is 45.2 Å². The van der Waals surface area contributed by atoms with E-state index >= 15 is 0 Å². The molecule has 6 nitrogen and oxygen atoms in total. The molecule has 0 unspecified atom stereocenters. The third-order valence-electron chi connectivity index (χ3n) is 8.28. The van der Waals surface area contributed by atoms with Crippen LogP contribution in [0.3, 0.4) is 0 Å². The van der Waals surface area contributed by atoms with E-state index in [1.165, 1.54) is 17.0 Å². The summed E-state index contributed by atoms with van der Waals surface area (Å²) in [7, 11) is 0. The van der Waals surface area contributed by atoms with E-state index in [1.807, 2.05) is 48.5 Å². The Morgan fingerprint density at radius 3 is 2.02 bits per heavy atom. The molecular weight excluding hydrogens is 570 g/mol. The first-order valence-corrected chi connectivity index (χ1v) is 13.8. The van der Waals surface area contributed by atoms with Crippen LogP contribution in [0.25, 0.3) is 0 Å². The van der Waals surface area contributed by atoms with E-state index in [2.05, 4.69) is 15.9 Å². The number of carbonyl (C=O) groups is 4. The molecule has 2 amide bonds. The summed E-state index contributed by atoms with van der Waals surface area (Å²) in [5.74, 6) is -3.13. The summed E-state index contributed by atoms with van der Waals surface area (Å²) in [6.45, 7) is -0.414. The van der Waals surface area contributed by atoms with Crippen LogP contribution in [0.15, 0.2) is 103 Å². The molecule has 4 aromatic carbocycles. The predicted molar refractivity (Wildman–Crippen MR) is 151 cm³/mol. The summed E-state index contributed by atoms with van der Waals surface area (Å²) in [5.41, 5.74) is 4.99. The molecule has 0 spiro atoms. The van der Waals surface area contributed by atoms with Crippen LogP contribution in [0.2, 0.25) is 0 Å². The smallest absolute Gasteiger partial charge is 0.338 e. The van der Waals surface area contributed by atoms with E-state index < -0.39 is 28.7 Å². The maximum absolute atomic E-state index is 14.1. The number of esters is 1. The van der Waals surface area contributed by atoms with Gasteiger partial charge in [-0.3, -0.25) is 14.4 Å². The summed E-state index contributed by atoms with van der Waals surface area (Å²) < 4.78 is 4.42. The summed E-state index contributed by atoms with van der Waals surface area (Å²) >= 11 is 3.99. The van der Waals surface area contributed by atoms with Crippen molar-refractivity contribution in [3.63, 3.8) is 0 Å². The summed E-state index contributed by atoms with van der Waals surface area (Å²) in [5, 5.41) is 0. The maximum atomic E-state index is 14.1. The van der Waals surface area contributed by atoms with Crippen molar-refractivity contribution in [3.05, 3.63) is 137 Å². The highest BCUT2D eigenvalue weighted by Gasteiger charge is 2.67. The van der Waals surface area contributed by atoms with Crippen LogP contribution in [0.1, 0.15) is 48.9 Å². The van der Waals surface area contributed by atoms with Crippen LogP contribution in [0, 0.1) is 11.8 Å². The second-order valence-corrected chi connectivity index (χ2v) is 11.5. The van der Waals surface area contributed by atoms with E-state index in [1.54, 1.807) is 42.5 Å². The number of ether oxygens (including phenoxy) is 1. The van der Waals surface area contributed by atoms with Crippen molar-refractivity contribution in [1.82, 2.24) is 0 Å². The summed E-state index contributed by atoms with van der Waals surface area (Å²) in [4.78, 5) is 54.7. The Bertz CT molecular complexity index is 1680. The number of carbonyl (C=O) groups excluding carboxylic acids is 4. The fourth-order valence-corrected chi connectivity index (χ4v) is 7.83. The fraction of sp³-hybridized carbons (Fsp3) is 0.152. The lowest BCUT2D eigenvalue weighted by Gasteiger charge is -2.51. The molecule has 2 atom stereocenters. The quantitative estimate of drug-likeness (QED) is 0.130. The van der Waals surface area contributed by atoms with Crippen molar-refractivity contribution in [1.29, 1.82) is 0 Å². The molecule has 0 radical (unpaired) electrons. The monoisotopic (exact) mass is 591 g/mol. The minimum Gasteiger partial charge on any atom is -0.454 e. The average molecular weight is 592 g/mol. The van der Waals surface area contributed by atoms with Crippen LogP contribution in [-0.4, -0.2) is 30.2 Å². The molecule has 4 aromatic rings. The third kappa shape index (κ3) is 3.40. The Balaban J connectivity index is 1.22. The molecular formula is C33H22BrNO5. The van der Waals surface area contributed by atoms with E-state index in [4.69, 9.17) is 4.74 Å². The third-order valence-corrected chi connectivity index (χ3v) is 9.63. The number of amides is 2. The van der Waals surface area contributed by atoms with E-state index in [0.717, 1.165) is 22.3 Å². The van der Waals surface area contributed by atoms with Gasteiger partial charge in [-0.05, 0) is 40.5 Å². The normalized spacial score (nSPS) is 23.8. The number of hydrogen-bond donors (Lipinski definition) is 0. The molecule has 40 heavy (non-hydrogen) atoms. The minimum atomic E-state index is -0.852. The van der Waals surface area contributed by atoms with Gasteiger partial charge in [0.05, 0.1) is 27.4 Å². The minimum absolute atomic E-state index is 0.150. The number of nitrogens with zero attached hydrogens (tertiary/aromatic N) is 1.